The fraction of sp³-hybridized carbons (Fsp3) is 0.667. The summed E-state index contributed by atoms with van der Waals surface area (Å²) in [5, 5.41) is 13.1. The lowest BCUT2D eigenvalue weighted by Crippen LogP contribution is -2.08. The minimum absolute atomic E-state index is 0.293. The highest BCUT2D eigenvalue weighted by Gasteiger charge is 2.22. The zero-order chi connectivity index (χ0) is 7.56. The second-order valence-corrected chi connectivity index (χ2v) is 2.29. The SMILES string of the molecule is CNC1=C([N+](=O)[O-])CCC1. The van der Waals surface area contributed by atoms with Gasteiger partial charge >= 0.3 is 0 Å². The Morgan fingerprint density at radius 3 is 2.70 bits per heavy atom. The Balaban J connectivity index is 2.78. The zero-order valence-corrected chi connectivity index (χ0v) is 5.89. The standard InChI is InChI=1S/C6H10N2O2/c1-7-5-3-2-4-6(5)8(9)10/h7H,2-4H2,1H3. The molecule has 0 radical (unpaired) electrons. The van der Waals surface area contributed by atoms with Gasteiger partial charge in [-0.3, -0.25) is 10.1 Å². The first kappa shape index (κ1) is 7.05. The van der Waals surface area contributed by atoms with Crippen molar-refractivity contribution in [1.82, 2.24) is 5.32 Å². The molecule has 1 aliphatic carbocycles. The van der Waals surface area contributed by atoms with E-state index in [0.717, 1.165) is 18.5 Å². The van der Waals surface area contributed by atoms with Gasteiger partial charge in [0.2, 0.25) is 0 Å². The van der Waals surface area contributed by atoms with E-state index in [1.54, 1.807) is 7.05 Å². The molecule has 1 N–H and O–H groups in total. The number of nitro groups is 1. The van der Waals surface area contributed by atoms with Crippen molar-refractivity contribution in [3.63, 3.8) is 0 Å². The van der Waals surface area contributed by atoms with Gasteiger partial charge in [-0.15, -0.1) is 0 Å². The molecule has 0 bridgehead atoms. The van der Waals surface area contributed by atoms with Crippen LogP contribution in [-0.2, 0) is 0 Å². The minimum atomic E-state index is -0.293. The molecule has 0 aromatic rings. The van der Waals surface area contributed by atoms with Crippen LogP contribution in [0, 0.1) is 10.1 Å². The van der Waals surface area contributed by atoms with E-state index in [2.05, 4.69) is 5.32 Å². The van der Waals surface area contributed by atoms with E-state index in [0.29, 0.717) is 12.1 Å². The topological polar surface area (TPSA) is 55.2 Å². The number of nitrogens with one attached hydrogen (secondary N) is 1. The maximum atomic E-state index is 10.3. The highest BCUT2D eigenvalue weighted by molar-refractivity contribution is 5.10. The molecule has 0 amide bonds. The molecule has 0 atom stereocenters. The molecule has 0 unspecified atom stereocenters. The molecule has 0 aromatic carbocycles. The quantitative estimate of drug-likeness (QED) is 0.460. The third-order valence-corrected chi connectivity index (χ3v) is 1.71. The van der Waals surface area contributed by atoms with Crippen LogP contribution in [0.15, 0.2) is 11.4 Å². The number of hydrogen-bond donors (Lipinski definition) is 1. The summed E-state index contributed by atoms with van der Waals surface area (Å²) in [6.07, 6.45) is 2.35. The number of nitrogens with zero attached hydrogens (tertiary/aromatic N) is 1. The summed E-state index contributed by atoms with van der Waals surface area (Å²) in [6.45, 7) is 0. The fourth-order valence-corrected chi connectivity index (χ4v) is 1.20. The van der Waals surface area contributed by atoms with Crippen LogP contribution in [0.3, 0.4) is 0 Å². The van der Waals surface area contributed by atoms with Gasteiger partial charge in [-0.25, -0.2) is 0 Å². The Morgan fingerprint density at radius 2 is 2.30 bits per heavy atom. The average Bonchev–Trinajstić information content (AvgIpc) is 2.33. The molecule has 1 aliphatic rings. The molecule has 0 aliphatic heterocycles. The highest BCUT2D eigenvalue weighted by Crippen LogP contribution is 2.23. The van der Waals surface area contributed by atoms with Crippen molar-refractivity contribution >= 4 is 0 Å². The summed E-state index contributed by atoms with van der Waals surface area (Å²) in [7, 11) is 1.73. The molecule has 0 fully saturated rings. The van der Waals surface area contributed by atoms with E-state index in [9.17, 15) is 10.1 Å². The Labute approximate surface area is 59.1 Å². The first-order chi connectivity index (χ1) is 4.75. The molecule has 0 spiro atoms. The normalized spacial score (nSPS) is 17.7. The van der Waals surface area contributed by atoms with Gasteiger partial charge in [0.25, 0.3) is 5.70 Å². The van der Waals surface area contributed by atoms with Crippen molar-refractivity contribution in [3.8, 4) is 0 Å². The number of rotatable bonds is 2. The minimum Gasteiger partial charge on any atom is -0.386 e. The third kappa shape index (κ3) is 1.10. The fourth-order valence-electron chi connectivity index (χ4n) is 1.20. The van der Waals surface area contributed by atoms with E-state index >= 15 is 0 Å². The molecular weight excluding hydrogens is 132 g/mol. The zero-order valence-electron chi connectivity index (χ0n) is 5.89. The van der Waals surface area contributed by atoms with E-state index < -0.39 is 0 Å². The lowest BCUT2D eigenvalue weighted by atomic mass is 10.3. The van der Waals surface area contributed by atoms with Gasteiger partial charge < -0.3 is 5.32 Å². The molecule has 0 saturated heterocycles. The second kappa shape index (κ2) is 2.68. The molecular formula is C6H10N2O2. The molecule has 0 saturated carbocycles. The van der Waals surface area contributed by atoms with Gasteiger partial charge in [0, 0.05) is 13.5 Å². The Kier molecular flexibility index (Phi) is 1.89. The van der Waals surface area contributed by atoms with Crippen molar-refractivity contribution in [2.24, 2.45) is 0 Å². The summed E-state index contributed by atoms with van der Waals surface area (Å²) >= 11 is 0. The summed E-state index contributed by atoms with van der Waals surface area (Å²) in [5.74, 6) is 0. The van der Waals surface area contributed by atoms with Gasteiger partial charge in [-0.2, -0.15) is 0 Å². The number of allylic oxidation sites excluding steroid dienone is 2. The van der Waals surface area contributed by atoms with Crippen molar-refractivity contribution in [2.75, 3.05) is 7.05 Å². The molecule has 1 rings (SSSR count). The molecule has 0 heterocycles. The summed E-state index contributed by atoms with van der Waals surface area (Å²) in [5.41, 5.74) is 1.16. The largest absolute Gasteiger partial charge is 0.386 e. The number of hydrogen-bond acceptors (Lipinski definition) is 3. The summed E-state index contributed by atoms with van der Waals surface area (Å²) in [4.78, 5) is 9.99. The molecule has 0 aromatic heterocycles. The third-order valence-electron chi connectivity index (χ3n) is 1.71. The average molecular weight is 142 g/mol. The maximum absolute atomic E-state index is 10.3. The smallest absolute Gasteiger partial charge is 0.264 e. The van der Waals surface area contributed by atoms with Crippen LogP contribution >= 0.6 is 0 Å². The van der Waals surface area contributed by atoms with E-state index in [1.807, 2.05) is 0 Å². The van der Waals surface area contributed by atoms with Crippen LogP contribution in [0.2, 0.25) is 0 Å². The molecule has 10 heavy (non-hydrogen) atoms. The van der Waals surface area contributed by atoms with Crippen LogP contribution in [0.4, 0.5) is 0 Å². The Hall–Kier alpha value is -1.06. The van der Waals surface area contributed by atoms with Gasteiger partial charge in [0.05, 0.1) is 10.6 Å². The highest BCUT2D eigenvalue weighted by atomic mass is 16.6. The Bertz CT molecular complexity index is 186. The maximum Gasteiger partial charge on any atom is 0.264 e. The lowest BCUT2D eigenvalue weighted by molar-refractivity contribution is -0.428. The van der Waals surface area contributed by atoms with Crippen LogP contribution < -0.4 is 5.32 Å². The van der Waals surface area contributed by atoms with Crippen LogP contribution in [-0.4, -0.2) is 12.0 Å². The van der Waals surface area contributed by atoms with Crippen LogP contribution in [0.1, 0.15) is 19.3 Å². The van der Waals surface area contributed by atoms with Crippen molar-refractivity contribution in [1.29, 1.82) is 0 Å². The van der Waals surface area contributed by atoms with E-state index in [4.69, 9.17) is 0 Å². The molecule has 56 valence electrons. The monoisotopic (exact) mass is 142 g/mol. The van der Waals surface area contributed by atoms with Crippen molar-refractivity contribution < 1.29 is 4.92 Å². The van der Waals surface area contributed by atoms with E-state index in [1.165, 1.54) is 0 Å². The lowest BCUT2D eigenvalue weighted by Gasteiger charge is -1.96. The predicted molar refractivity (Wildman–Crippen MR) is 36.9 cm³/mol. The Morgan fingerprint density at radius 1 is 1.60 bits per heavy atom. The van der Waals surface area contributed by atoms with E-state index in [-0.39, 0.29) is 4.92 Å². The van der Waals surface area contributed by atoms with Crippen LogP contribution in [0.25, 0.3) is 0 Å². The second-order valence-electron chi connectivity index (χ2n) is 2.29. The first-order valence-electron chi connectivity index (χ1n) is 3.30. The molecule has 4 heteroatoms. The van der Waals surface area contributed by atoms with Gasteiger partial charge in [-0.1, -0.05) is 0 Å². The van der Waals surface area contributed by atoms with Crippen LogP contribution in [0.5, 0.6) is 0 Å². The van der Waals surface area contributed by atoms with Gasteiger partial charge in [0.1, 0.15) is 0 Å². The first-order valence-corrected chi connectivity index (χ1v) is 3.30. The predicted octanol–water partition coefficient (Wildman–Crippen LogP) is 0.878. The molecule has 4 nitrogen and oxygen atoms in total. The summed E-state index contributed by atoms with van der Waals surface area (Å²) in [6, 6.07) is 0. The van der Waals surface area contributed by atoms with Crippen molar-refractivity contribution in [3.05, 3.63) is 21.5 Å². The summed E-state index contributed by atoms with van der Waals surface area (Å²) < 4.78 is 0. The van der Waals surface area contributed by atoms with Gasteiger partial charge in [-0.05, 0) is 12.8 Å². The van der Waals surface area contributed by atoms with Crippen molar-refractivity contribution in [2.45, 2.75) is 19.3 Å². The van der Waals surface area contributed by atoms with Gasteiger partial charge in [0.15, 0.2) is 0 Å².